The molecule has 2 heterocycles. The number of benzene rings is 5. The Morgan fingerprint density at radius 2 is 1.05 bits per heavy atom. The Hall–Kier alpha value is -4.01. The van der Waals surface area contributed by atoms with Gasteiger partial charge in [0.2, 0.25) is 0 Å². The fourth-order valence-corrected chi connectivity index (χ4v) is 8.49. The second-order valence-corrected chi connectivity index (χ2v) is 12.8. The molecule has 5 aromatic rings. The van der Waals surface area contributed by atoms with Gasteiger partial charge in [0, 0.05) is 45.3 Å². The van der Waals surface area contributed by atoms with Gasteiger partial charge in [-0.15, -0.1) is 0 Å². The van der Waals surface area contributed by atoms with Gasteiger partial charge < -0.3 is 9.80 Å². The molecule has 42 heavy (non-hydrogen) atoms. The van der Waals surface area contributed by atoms with Crippen LogP contribution in [0.2, 0.25) is 5.02 Å². The minimum atomic E-state index is 0.634. The van der Waals surface area contributed by atoms with Crippen LogP contribution in [0.3, 0.4) is 0 Å². The fourth-order valence-electron chi connectivity index (χ4n) is 8.26. The van der Waals surface area contributed by atoms with Gasteiger partial charge in [0.15, 0.2) is 0 Å². The Kier molecular flexibility index (Phi) is 6.53. The molecule has 2 aliphatic heterocycles. The zero-order valence-electron chi connectivity index (χ0n) is 23.7. The Morgan fingerprint density at radius 1 is 0.524 bits per heavy atom. The molecule has 0 amide bonds. The van der Waals surface area contributed by atoms with Gasteiger partial charge in [-0.2, -0.15) is 0 Å². The lowest BCUT2D eigenvalue weighted by Gasteiger charge is -2.57. The molecule has 2 aliphatic carbocycles. The van der Waals surface area contributed by atoms with Crippen LogP contribution in [0.1, 0.15) is 32.1 Å². The van der Waals surface area contributed by atoms with E-state index < -0.39 is 0 Å². The predicted octanol–water partition coefficient (Wildman–Crippen LogP) is 10.9. The summed E-state index contributed by atoms with van der Waals surface area (Å²) in [5.74, 6) is 1.82. The van der Waals surface area contributed by atoms with Crippen LogP contribution < -0.4 is 9.80 Å². The SMILES string of the molecule is Clc1cc(N(c2ccccc2)c2c(-c3ccccc3)cccc2-c2ccccc2)cc(N2C3CC4CC(C3)CC2C4)c1. The third-order valence-corrected chi connectivity index (χ3v) is 9.96. The Balaban J connectivity index is 1.35. The van der Waals surface area contributed by atoms with Gasteiger partial charge in [0.1, 0.15) is 0 Å². The summed E-state index contributed by atoms with van der Waals surface area (Å²) < 4.78 is 0. The number of para-hydroxylation sites is 2. The van der Waals surface area contributed by atoms with Gasteiger partial charge in [-0.25, -0.2) is 0 Å². The fraction of sp³-hybridized carbons (Fsp3) is 0.231. The van der Waals surface area contributed by atoms with Crippen molar-refractivity contribution in [3.05, 3.63) is 132 Å². The first-order chi connectivity index (χ1) is 20.7. The number of halogens is 1. The molecule has 2 saturated carbocycles. The molecule has 5 aromatic carbocycles. The third-order valence-electron chi connectivity index (χ3n) is 9.74. The summed E-state index contributed by atoms with van der Waals surface area (Å²) in [6.07, 6.45) is 6.75. The van der Waals surface area contributed by atoms with Gasteiger partial charge in [-0.1, -0.05) is 109 Å². The lowest BCUT2D eigenvalue weighted by molar-refractivity contribution is 0.0900. The molecule has 4 bridgehead atoms. The van der Waals surface area contributed by atoms with Crippen LogP contribution in [0.25, 0.3) is 22.3 Å². The second-order valence-electron chi connectivity index (χ2n) is 12.4. The second kappa shape index (κ2) is 10.7. The predicted molar refractivity (Wildman–Crippen MR) is 177 cm³/mol. The van der Waals surface area contributed by atoms with E-state index in [2.05, 4.69) is 137 Å². The average Bonchev–Trinajstić information content (AvgIpc) is 3.02. The smallest absolute Gasteiger partial charge is 0.0618 e. The van der Waals surface area contributed by atoms with Crippen LogP contribution in [0.15, 0.2) is 127 Å². The number of piperidine rings is 2. The normalized spacial score (nSPS) is 22.4. The highest BCUT2D eigenvalue weighted by Crippen LogP contribution is 2.52. The first kappa shape index (κ1) is 25.7. The van der Waals surface area contributed by atoms with Crippen molar-refractivity contribution in [2.75, 3.05) is 9.80 Å². The summed E-state index contributed by atoms with van der Waals surface area (Å²) in [6, 6.07) is 47.0. The van der Waals surface area contributed by atoms with E-state index >= 15 is 0 Å². The van der Waals surface area contributed by atoms with Gasteiger partial charge in [0.05, 0.1) is 5.69 Å². The summed E-state index contributed by atoms with van der Waals surface area (Å²) in [5.41, 5.74) is 9.41. The highest BCUT2D eigenvalue weighted by Gasteiger charge is 2.47. The lowest BCUT2D eigenvalue weighted by atomic mass is 9.63. The van der Waals surface area contributed by atoms with Crippen molar-refractivity contribution in [1.82, 2.24) is 0 Å². The van der Waals surface area contributed by atoms with Crippen molar-refractivity contribution in [2.24, 2.45) is 11.8 Å². The topological polar surface area (TPSA) is 6.48 Å². The van der Waals surface area contributed by atoms with E-state index in [4.69, 9.17) is 11.6 Å². The maximum absolute atomic E-state index is 7.04. The van der Waals surface area contributed by atoms with E-state index in [0.29, 0.717) is 12.1 Å². The summed E-state index contributed by atoms with van der Waals surface area (Å²) in [5, 5.41) is 0.788. The van der Waals surface area contributed by atoms with Crippen LogP contribution in [0.4, 0.5) is 22.7 Å². The van der Waals surface area contributed by atoms with E-state index in [1.807, 2.05) is 0 Å². The molecule has 208 valence electrons. The van der Waals surface area contributed by atoms with Gasteiger partial charge in [-0.05, 0) is 85.4 Å². The summed E-state index contributed by atoms with van der Waals surface area (Å²) in [6.45, 7) is 0. The molecule has 0 N–H and O–H groups in total. The first-order valence-electron chi connectivity index (χ1n) is 15.4. The average molecular weight is 567 g/mol. The number of hydrogen-bond acceptors (Lipinski definition) is 2. The van der Waals surface area contributed by atoms with Crippen molar-refractivity contribution in [1.29, 1.82) is 0 Å². The summed E-state index contributed by atoms with van der Waals surface area (Å²) in [7, 11) is 0. The molecule has 2 nitrogen and oxygen atoms in total. The van der Waals surface area contributed by atoms with Crippen molar-refractivity contribution < 1.29 is 0 Å². The number of hydrogen-bond donors (Lipinski definition) is 0. The Bertz CT molecular complexity index is 1610. The molecule has 2 saturated heterocycles. The summed E-state index contributed by atoms with van der Waals surface area (Å²) in [4.78, 5) is 5.17. The van der Waals surface area contributed by atoms with E-state index in [0.717, 1.165) is 33.9 Å². The molecule has 3 heteroatoms. The molecule has 0 unspecified atom stereocenters. The number of rotatable bonds is 6. The van der Waals surface area contributed by atoms with E-state index in [1.165, 1.54) is 60.0 Å². The minimum absolute atomic E-state index is 0.634. The maximum Gasteiger partial charge on any atom is 0.0618 e. The van der Waals surface area contributed by atoms with Gasteiger partial charge in [-0.3, -0.25) is 0 Å². The van der Waals surface area contributed by atoms with E-state index in [-0.39, 0.29) is 0 Å². The largest absolute Gasteiger partial charge is 0.365 e. The molecule has 0 spiro atoms. The quantitative estimate of drug-likeness (QED) is 0.202. The maximum atomic E-state index is 7.04. The van der Waals surface area contributed by atoms with Crippen LogP contribution in [-0.4, -0.2) is 12.1 Å². The lowest BCUT2D eigenvalue weighted by Crippen LogP contribution is -2.58. The summed E-state index contributed by atoms with van der Waals surface area (Å²) >= 11 is 7.04. The van der Waals surface area contributed by atoms with Crippen molar-refractivity contribution in [2.45, 2.75) is 44.2 Å². The molecule has 0 atom stereocenters. The zero-order valence-corrected chi connectivity index (χ0v) is 24.5. The molecule has 4 fully saturated rings. The third kappa shape index (κ3) is 4.59. The van der Waals surface area contributed by atoms with Crippen LogP contribution in [-0.2, 0) is 0 Å². The van der Waals surface area contributed by atoms with Crippen LogP contribution in [0, 0.1) is 11.8 Å². The molecule has 9 rings (SSSR count). The molecule has 0 radical (unpaired) electrons. The van der Waals surface area contributed by atoms with E-state index in [9.17, 15) is 0 Å². The van der Waals surface area contributed by atoms with Crippen molar-refractivity contribution in [3.63, 3.8) is 0 Å². The number of nitrogens with zero attached hydrogens (tertiary/aromatic N) is 2. The Morgan fingerprint density at radius 3 is 1.60 bits per heavy atom. The van der Waals surface area contributed by atoms with Crippen molar-refractivity contribution in [3.8, 4) is 22.3 Å². The molecule has 0 aromatic heterocycles. The zero-order chi connectivity index (χ0) is 28.0. The monoisotopic (exact) mass is 566 g/mol. The number of anilines is 4. The van der Waals surface area contributed by atoms with Crippen LogP contribution >= 0.6 is 11.6 Å². The first-order valence-corrected chi connectivity index (χ1v) is 15.8. The van der Waals surface area contributed by atoms with Crippen molar-refractivity contribution >= 4 is 34.4 Å². The molecular formula is C39H35ClN2. The standard InChI is InChI=1S/C39H35ClN2/c40-31-24-35(41-33-20-27-19-28(22-33)23-34(41)21-27)26-36(25-31)42(32-15-8-3-9-16-32)39-37(29-11-4-1-5-12-29)17-10-18-38(39)30-13-6-2-7-14-30/h1-18,24-28,33-34H,19-23H2. The highest BCUT2D eigenvalue weighted by molar-refractivity contribution is 6.31. The van der Waals surface area contributed by atoms with E-state index in [1.54, 1.807) is 0 Å². The highest BCUT2D eigenvalue weighted by atomic mass is 35.5. The Labute approximate surface area is 254 Å². The minimum Gasteiger partial charge on any atom is -0.365 e. The van der Waals surface area contributed by atoms with Gasteiger partial charge >= 0.3 is 0 Å². The van der Waals surface area contributed by atoms with Gasteiger partial charge in [0.25, 0.3) is 0 Å². The van der Waals surface area contributed by atoms with Crippen LogP contribution in [0.5, 0.6) is 0 Å². The molecular weight excluding hydrogens is 532 g/mol. The molecule has 4 aliphatic rings.